The molecule has 3 aliphatic rings. The second-order valence-corrected chi connectivity index (χ2v) is 11.2. The Balaban J connectivity index is 1.57. The van der Waals surface area contributed by atoms with Crippen LogP contribution in [0.2, 0.25) is 0 Å². The van der Waals surface area contributed by atoms with Crippen molar-refractivity contribution in [2.75, 3.05) is 31.6 Å². The third-order valence-corrected chi connectivity index (χ3v) is 7.48. The molecule has 0 bridgehead atoms. The number of Topliss-reactive ketones (excluding diaryl/α,β-unsaturated/α-hetero) is 1. The molecular weight excluding hydrogens is 478 g/mol. The Labute approximate surface area is 217 Å². The molecule has 3 fully saturated rings. The van der Waals surface area contributed by atoms with Gasteiger partial charge >= 0.3 is 12.1 Å². The SMILES string of the molecule is COC(=O)[C@H]1C[C@@H](C)C(=O)N1c1nc(C)c(C)nc1C(=O)CN1CCN(C(=O)OC(C)(C)C)[C@H]2CC[C@@H]21. The molecule has 2 saturated heterocycles. The highest BCUT2D eigenvalue weighted by atomic mass is 16.6. The molecule has 202 valence electrons. The van der Waals surface area contributed by atoms with Gasteiger partial charge in [0, 0.05) is 25.0 Å². The summed E-state index contributed by atoms with van der Waals surface area (Å²) < 4.78 is 10.5. The Bertz CT molecular complexity index is 1120. The smallest absolute Gasteiger partial charge is 0.410 e. The standard InChI is InChI=1S/C26H37N5O6/c1-14-12-19(24(34)36-7)31(23(14)33)22-21(27-15(2)16(3)28-22)20(32)13-29-10-11-30(18-9-8-17(18)29)25(35)37-26(4,5)6/h14,17-19H,8-13H2,1-7H3/t14-,17+,18+,19-/m1/s1. The maximum atomic E-state index is 13.7. The quantitative estimate of drug-likeness (QED) is 0.429. The van der Waals surface area contributed by atoms with Crippen molar-refractivity contribution < 1.29 is 28.7 Å². The normalized spacial score (nSPS) is 26.0. The average molecular weight is 516 g/mol. The number of esters is 1. The highest BCUT2D eigenvalue weighted by Crippen LogP contribution is 2.36. The van der Waals surface area contributed by atoms with Gasteiger partial charge in [-0.05, 0) is 53.9 Å². The second kappa shape index (κ2) is 10.00. The Morgan fingerprint density at radius 1 is 1.03 bits per heavy atom. The largest absolute Gasteiger partial charge is 0.467 e. The third-order valence-electron chi connectivity index (χ3n) is 7.48. The van der Waals surface area contributed by atoms with Gasteiger partial charge in [-0.1, -0.05) is 6.92 Å². The van der Waals surface area contributed by atoms with Crippen molar-refractivity contribution >= 4 is 29.6 Å². The minimum Gasteiger partial charge on any atom is -0.467 e. The number of hydrogen-bond donors (Lipinski definition) is 0. The fraction of sp³-hybridized carbons (Fsp3) is 0.692. The molecule has 2 amide bonds. The number of amides is 2. The van der Waals surface area contributed by atoms with Crippen LogP contribution in [0.5, 0.6) is 0 Å². The molecule has 3 heterocycles. The van der Waals surface area contributed by atoms with Crippen LogP contribution < -0.4 is 4.90 Å². The van der Waals surface area contributed by atoms with Crippen LogP contribution in [0.25, 0.3) is 0 Å². The minimum atomic E-state index is -0.858. The molecule has 0 spiro atoms. The summed E-state index contributed by atoms with van der Waals surface area (Å²) in [5.74, 6) is -1.42. The van der Waals surface area contributed by atoms with Crippen LogP contribution in [0.4, 0.5) is 10.6 Å². The number of nitrogens with zero attached hydrogens (tertiary/aromatic N) is 5. The number of rotatable bonds is 5. The van der Waals surface area contributed by atoms with Crippen LogP contribution in [0.3, 0.4) is 0 Å². The number of ketones is 1. The number of carbonyl (C=O) groups excluding carboxylic acids is 4. The van der Waals surface area contributed by atoms with Crippen LogP contribution in [0.15, 0.2) is 0 Å². The van der Waals surface area contributed by atoms with Gasteiger partial charge < -0.3 is 14.4 Å². The molecule has 1 aromatic rings. The van der Waals surface area contributed by atoms with E-state index in [4.69, 9.17) is 9.47 Å². The highest BCUT2D eigenvalue weighted by Gasteiger charge is 2.48. The highest BCUT2D eigenvalue weighted by molar-refractivity contribution is 6.08. The summed E-state index contributed by atoms with van der Waals surface area (Å²) in [7, 11) is 1.28. The minimum absolute atomic E-state index is 0.00794. The maximum absolute atomic E-state index is 13.7. The molecule has 11 heteroatoms. The summed E-state index contributed by atoms with van der Waals surface area (Å²) in [6, 6.07) is -0.820. The zero-order chi connectivity index (χ0) is 27.2. The molecule has 0 unspecified atom stereocenters. The fourth-order valence-corrected chi connectivity index (χ4v) is 5.29. The number of ether oxygens (including phenoxy) is 2. The summed E-state index contributed by atoms with van der Waals surface area (Å²) in [5, 5.41) is 0. The molecule has 0 aromatic carbocycles. The van der Waals surface area contributed by atoms with Crippen molar-refractivity contribution in [3.8, 4) is 0 Å². The lowest BCUT2D eigenvalue weighted by atomic mass is 9.82. The first kappa shape index (κ1) is 27.0. The van der Waals surface area contributed by atoms with Crippen LogP contribution in [-0.2, 0) is 19.1 Å². The first-order valence-electron chi connectivity index (χ1n) is 12.9. The summed E-state index contributed by atoms with van der Waals surface area (Å²) in [6.45, 7) is 11.8. The first-order valence-corrected chi connectivity index (χ1v) is 12.9. The van der Waals surface area contributed by atoms with E-state index in [2.05, 4.69) is 14.9 Å². The van der Waals surface area contributed by atoms with E-state index in [0.29, 0.717) is 24.5 Å². The van der Waals surface area contributed by atoms with E-state index in [1.165, 1.54) is 12.0 Å². The van der Waals surface area contributed by atoms with Crippen LogP contribution >= 0.6 is 0 Å². The van der Waals surface area contributed by atoms with Crippen LogP contribution in [0.1, 0.15) is 68.8 Å². The number of hydrogen-bond acceptors (Lipinski definition) is 9. The molecule has 0 N–H and O–H groups in total. The van der Waals surface area contributed by atoms with Crippen molar-refractivity contribution in [3.63, 3.8) is 0 Å². The van der Waals surface area contributed by atoms with E-state index < -0.39 is 23.5 Å². The van der Waals surface area contributed by atoms with Gasteiger partial charge in [-0.25, -0.2) is 19.6 Å². The number of aromatic nitrogens is 2. The van der Waals surface area contributed by atoms with Crippen molar-refractivity contribution in [3.05, 3.63) is 17.1 Å². The van der Waals surface area contributed by atoms with Gasteiger partial charge in [0.25, 0.3) is 0 Å². The van der Waals surface area contributed by atoms with Gasteiger partial charge in [0.1, 0.15) is 11.6 Å². The topological polar surface area (TPSA) is 122 Å². The number of aryl methyl sites for hydroxylation is 2. The summed E-state index contributed by atoms with van der Waals surface area (Å²) in [4.78, 5) is 66.2. The summed E-state index contributed by atoms with van der Waals surface area (Å²) in [5.41, 5.74) is 0.657. The summed E-state index contributed by atoms with van der Waals surface area (Å²) in [6.07, 6.45) is 1.68. The maximum Gasteiger partial charge on any atom is 0.410 e. The van der Waals surface area contributed by atoms with E-state index in [9.17, 15) is 19.2 Å². The van der Waals surface area contributed by atoms with Crippen molar-refractivity contribution in [1.82, 2.24) is 19.8 Å². The third kappa shape index (κ3) is 5.18. The number of piperazine rings is 1. The lowest BCUT2D eigenvalue weighted by Gasteiger charge is -2.53. The number of fused-ring (bicyclic) bond motifs is 1. The Kier molecular flexibility index (Phi) is 7.29. The number of methoxy groups -OCH3 is 1. The molecule has 1 saturated carbocycles. The Morgan fingerprint density at radius 3 is 2.27 bits per heavy atom. The molecular formula is C26H37N5O6. The predicted octanol–water partition coefficient (Wildman–Crippen LogP) is 2.27. The molecule has 2 aliphatic heterocycles. The predicted molar refractivity (Wildman–Crippen MR) is 134 cm³/mol. The zero-order valence-corrected chi connectivity index (χ0v) is 22.7. The Hall–Kier alpha value is -3.08. The van der Waals surface area contributed by atoms with Gasteiger partial charge in [-0.2, -0.15) is 0 Å². The Morgan fingerprint density at radius 2 is 1.68 bits per heavy atom. The van der Waals surface area contributed by atoms with Crippen molar-refractivity contribution in [2.45, 2.75) is 84.5 Å². The summed E-state index contributed by atoms with van der Waals surface area (Å²) >= 11 is 0. The van der Waals surface area contributed by atoms with E-state index >= 15 is 0 Å². The zero-order valence-electron chi connectivity index (χ0n) is 22.7. The van der Waals surface area contributed by atoms with Crippen molar-refractivity contribution in [1.29, 1.82) is 0 Å². The van der Waals surface area contributed by atoms with Gasteiger partial charge in [-0.15, -0.1) is 0 Å². The molecule has 11 nitrogen and oxygen atoms in total. The number of carbonyl (C=O) groups is 4. The molecule has 37 heavy (non-hydrogen) atoms. The van der Waals surface area contributed by atoms with Gasteiger partial charge in [-0.3, -0.25) is 19.4 Å². The van der Waals surface area contributed by atoms with Crippen LogP contribution in [0, 0.1) is 19.8 Å². The molecule has 4 rings (SSSR count). The van der Waals surface area contributed by atoms with E-state index in [-0.39, 0.29) is 54.3 Å². The average Bonchev–Trinajstić information content (AvgIpc) is 3.08. The van der Waals surface area contributed by atoms with E-state index in [1.54, 1.807) is 25.7 Å². The van der Waals surface area contributed by atoms with Gasteiger partial charge in [0.15, 0.2) is 17.3 Å². The lowest BCUT2D eigenvalue weighted by molar-refractivity contribution is -0.142. The van der Waals surface area contributed by atoms with Gasteiger partial charge in [0.05, 0.1) is 31.1 Å². The van der Waals surface area contributed by atoms with E-state index in [1.807, 2.05) is 20.8 Å². The fourth-order valence-electron chi connectivity index (χ4n) is 5.29. The lowest BCUT2D eigenvalue weighted by Crippen LogP contribution is -2.66. The monoisotopic (exact) mass is 515 g/mol. The van der Waals surface area contributed by atoms with E-state index in [0.717, 1.165) is 12.8 Å². The van der Waals surface area contributed by atoms with Crippen molar-refractivity contribution in [2.24, 2.45) is 5.92 Å². The van der Waals surface area contributed by atoms with Gasteiger partial charge in [0.2, 0.25) is 5.91 Å². The molecule has 1 aromatic heterocycles. The van der Waals surface area contributed by atoms with Crippen LogP contribution in [-0.4, -0.2) is 94.0 Å². The first-order chi connectivity index (χ1) is 17.3. The molecule has 4 atom stereocenters. The molecule has 0 radical (unpaired) electrons. The molecule has 1 aliphatic carbocycles. The number of anilines is 1. The second-order valence-electron chi connectivity index (χ2n) is 11.2.